The number of aromatic nitrogens is 2. The zero-order valence-electron chi connectivity index (χ0n) is 16.6. The summed E-state index contributed by atoms with van der Waals surface area (Å²) in [6, 6.07) is 12.2. The summed E-state index contributed by atoms with van der Waals surface area (Å²) < 4.78 is 42.0. The van der Waals surface area contributed by atoms with Crippen molar-refractivity contribution in [2.24, 2.45) is 5.92 Å². The van der Waals surface area contributed by atoms with E-state index in [0.717, 1.165) is 18.9 Å². The Morgan fingerprint density at radius 3 is 2.70 bits per heavy atom. The number of alkyl halides is 3. The van der Waals surface area contributed by atoms with Crippen molar-refractivity contribution in [2.45, 2.75) is 25.9 Å². The van der Waals surface area contributed by atoms with Crippen LogP contribution in [0.4, 0.5) is 13.2 Å². The SMILES string of the molecule is C[C@H]1CCCN(C(=O)c2cncn2-c2cccc(-c3ccccc3C(F)(F)F)c2)C1. The van der Waals surface area contributed by atoms with Crippen molar-refractivity contribution in [1.82, 2.24) is 14.5 Å². The van der Waals surface area contributed by atoms with Crippen molar-refractivity contribution in [3.63, 3.8) is 0 Å². The molecule has 2 aromatic carbocycles. The lowest BCUT2D eigenvalue weighted by molar-refractivity contribution is -0.137. The fourth-order valence-corrected chi connectivity index (χ4v) is 4.00. The normalized spacial score (nSPS) is 17.2. The summed E-state index contributed by atoms with van der Waals surface area (Å²) in [5.41, 5.74) is 0.843. The molecule has 0 aliphatic carbocycles. The Hall–Kier alpha value is -3.09. The number of hydrogen-bond acceptors (Lipinski definition) is 2. The summed E-state index contributed by atoms with van der Waals surface area (Å²) in [5.74, 6) is 0.335. The van der Waals surface area contributed by atoms with Crippen molar-refractivity contribution in [1.29, 1.82) is 0 Å². The predicted molar refractivity (Wildman–Crippen MR) is 108 cm³/mol. The van der Waals surface area contributed by atoms with Crippen molar-refractivity contribution < 1.29 is 18.0 Å². The maximum Gasteiger partial charge on any atom is 0.417 e. The summed E-state index contributed by atoms with van der Waals surface area (Å²) in [6.45, 7) is 3.52. The number of rotatable bonds is 3. The van der Waals surface area contributed by atoms with Crippen molar-refractivity contribution in [2.75, 3.05) is 13.1 Å². The molecule has 0 spiro atoms. The van der Waals surface area contributed by atoms with Crippen LogP contribution in [0.2, 0.25) is 0 Å². The number of amides is 1. The number of hydrogen-bond donors (Lipinski definition) is 0. The Bertz CT molecular complexity index is 1060. The van der Waals surface area contributed by atoms with Crippen LogP contribution in [0, 0.1) is 5.92 Å². The van der Waals surface area contributed by atoms with E-state index < -0.39 is 11.7 Å². The summed E-state index contributed by atoms with van der Waals surface area (Å²) >= 11 is 0. The minimum Gasteiger partial charge on any atom is -0.337 e. The Labute approximate surface area is 173 Å². The number of carbonyl (C=O) groups excluding carboxylic acids is 1. The standard InChI is InChI=1S/C23H22F3N3O/c1-16-6-5-11-28(14-16)22(30)21-13-27-15-29(21)18-8-4-7-17(12-18)19-9-2-3-10-20(19)23(24,25)26/h2-4,7-10,12-13,15-16H,5-6,11,14H2,1H3/t16-/m0/s1. The van der Waals surface area contributed by atoms with Gasteiger partial charge in [0, 0.05) is 18.8 Å². The first-order chi connectivity index (χ1) is 14.3. The highest BCUT2D eigenvalue weighted by molar-refractivity contribution is 5.93. The van der Waals surface area contributed by atoms with E-state index in [2.05, 4.69) is 11.9 Å². The number of nitrogens with zero attached hydrogens (tertiary/aromatic N) is 3. The van der Waals surface area contributed by atoms with Crippen molar-refractivity contribution in [3.8, 4) is 16.8 Å². The van der Waals surface area contributed by atoms with Gasteiger partial charge in [0.15, 0.2) is 0 Å². The van der Waals surface area contributed by atoms with Crippen LogP contribution in [-0.4, -0.2) is 33.4 Å². The molecule has 0 radical (unpaired) electrons. The van der Waals surface area contributed by atoms with Crippen LogP contribution in [0.25, 0.3) is 16.8 Å². The second kappa shape index (κ2) is 7.97. The molecular weight excluding hydrogens is 391 g/mol. The Kier molecular flexibility index (Phi) is 5.37. The fourth-order valence-electron chi connectivity index (χ4n) is 4.00. The summed E-state index contributed by atoms with van der Waals surface area (Å²) in [6.07, 6.45) is 0.648. The number of halogens is 3. The van der Waals surface area contributed by atoms with E-state index in [0.29, 0.717) is 36.0 Å². The largest absolute Gasteiger partial charge is 0.417 e. The van der Waals surface area contributed by atoms with Gasteiger partial charge in [-0.2, -0.15) is 13.2 Å². The molecule has 1 aromatic heterocycles. The van der Waals surface area contributed by atoms with Gasteiger partial charge in [0.25, 0.3) is 5.91 Å². The molecule has 2 heterocycles. The number of imidazole rings is 1. The van der Waals surface area contributed by atoms with Gasteiger partial charge < -0.3 is 4.90 Å². The van der Waals surface area contributed by atoms with E-state index in [4.69, 9.17) is 0 Å². The highest BCUT2D eigenvalue weighted by Crippen LogP contribution is 2.37. The molecule has 1 aliphatic rings. The molecule has 7 heteroatoms. The molecule has 4 rings (SSSR count). The minimum atomic E-state index is -4.45. The molecule has 4 nitrogen and oxygen atoms in total. The van der Waals surface area contributed by atoms with E-state index in [-0.39, 0.29) is 11.5 Å². The third-order valence-electron chi connectivity index (χ3n) is 5.47. The van der Waals surface area contributed by atoms with Crippen LogP contribution in [0.15, 0.2) is 61.1 Å². The molecule has 0 bridgehead atoms. The molecule has 1 saturated heterocycles. The van der Waals surface area contributed by atoms with Gasteiger partial charge in [0.05, 0.1) is 18.1 Å². The van der Waals surface area contributed by atoms with Gasteiger partial charge in [-0.15, -0.1) is 0 Å². The van der Waals surface area contributed by atoms with E-state index in [1.807, 2.05) is 4.90 Å². The average molecular weight is 413 g/mol. The van der Waals surface area contributed by atoms with Crippen molar-refractivity contribution >= 4 is 5.91 Å². The zero-order chi connectivity index (χ0) is 21.3. The first-order valence-electron chi connectivity index (χ1n) is 9.93. The molecule has 1 amide bonds. The van der Waals surface area contributed by atoms with Crippen LogP contribution in [-0.2, 0) is 6.18 Å². The van der Waals surface area contributed by atoms with Gasteiger partial charge in [-0.05, 0) is 48.1 Å². The lowest BCUT2D eigenvalue weighted by Crippen LogP contribution is -2.39. The minimum absolute atomic E-state index is 0.102. The molecule has 0 unspecified atom stereocenters. The number of benzene rings is 2. The lowest BCUT2D eigenvalue weighted by Gasteiger charge is -2.31. The predicted octanol–water partition coefficient (Wildman–Crippen LogP) is 5.43. The third kappa shape index (κ3) is 3.97. The van der Waals surface area contributed by atoms with Crippen molar-refractivity contribution in [3.05, 3.63) is 72.3 Å². The Balaban J connectivity index is 1.70. The van der Waals surface area contributed by atoms with Crippen LogP contribution in [0.1, 0.15) is 35.8 Å². The highest BCUT2D eigenvalue weighted by Gasteiger charge is 2.33. The molecule has 156 valence electrons. The maximum absolute atomic E-state index is 13.4. The number of likely N-dealkylation sites (tertiary alicyclic amines) is 1. The molecule has 0 saturated carbocycles. The smallest absolute Gasteiger partial charge is 0.337 e. The lowest BCUT2D eigenvalue weighted by atomic mass is 9.99. The third-order valence-corrected chi connectivity index (χ3v) is 5.47. The van der Waals surface area contributed by atoms with Gasteiger partial charge in [0.1, 0.15) is 5.69 Å². The summed E-state index contributed by atoms with van der Waals surface area (Å²) in [5, 5.41) is 0. The van der Waals surface area contributed by atoms with Crippen LogP contribution >= 0.6 is 0 Å². The summed E-state index contributed by atoms with van der Waals surface area (Å²) in [7, 11) is 0. The molecule has 0 N–H and O–H groups in total. The van der Waals surface area contributed by atoms with Crippen LogP contribution in [0.5, 0.6) is 0 Å². The van der Waals surface area contributed by atoms with Gasteiger partial charge >= 0.3 is 6.18 Å². The fraction of sp³-hybridized carbons (Fsp3) is 0.304. The van der Waals surface area contributed by atoms with Crippen LogP contribution in [0.3, 0.4) is 0 Å². The van der Waals surface area contributed by atoms with Gasteiger partial charge in [-0.1, -0.05) is 37.3 Å². The number of piperidine rings is 1. The first kappa shape index (κ1) is 20.2. The quantitative estimate of drug-likeness (QED) is 0.574. The molecular formula is C23H22F3N3O. The van der Waals surface area contributed by atoms with E-state index in [1.165, 1.54) is 24.7 Å². The van der Waals surface area contributed by atoms with Gasteiger partial charge in [0.2, 0.25) is 0 Å². The maximum atomic E-state index is 13.4. The van der Waals surface area contributed by atoms with Gasteiger partial charge in [-0.3, -0.25) is 9.36 Å². The Morgan fingerprint density at radius 2 is 1.93 bits per heavy atom. The van der Waals surface area contributed by atoms with E-state index in [9.17, 15) is 18.0 Å². The monoisotopic (exact) mass is 413 g/mol. The molecule has 1 atom stereocenters. The van der Waals surface area contributed by atoms with Crippen LogP contribution < -0.4 is 0 Å². The molecule has 3 aromatic rings. The summed E-state index contributed by atoms with van der Waals surface area (Å²) in [4.78, 5) is 19.0. The van der Waals surface area contributed by atoms with E-state index in [1.54, 1.807) is 34.9 Å². The Morgan fingerprint density at radius 1 is 1.13 bits per heavy atom. The molecule has 30 heavy (non-hydrogen) atoms. The topological polar surface area (TPSA) is 38.1 Å². The second-order valence-electron chi connectivity index (χ2n) is 7.74. The van der Waals surface area contributed by atoms with E-state index >= 15 is 0 Å². The number of carbonyl (C=O) groups is 1. The second-order valence-corrected chi connectivity index (χ2v) is 7.74. The molecule has 1 aliphatic heterocycles. The highest BCUT2D eigenvalue weighted by atomic mass is 19.4. The van der Waals surface area contributed by atoms with Gasteiger partial charge in [-0.25, -0.2) is 4.98 Å². The zero-order valence-corrected chi connectivity index (χ0v) is 16.6. The first-order valence-corrected chi connectivity index (χ1v) is 9.93. The molecule has 1 fully saturated rings. The average Bonchev–Trinajstić information content (AvgIpc) is 3.22.